The van der Waals surface area contributed by atoms with Crippen molar-refractivity contribution >= 4 is 5.78 Å². The number of ether oxygens (including phenoxy) is 3. The molecule has 7 unspecified atom stereocenters. The predicted molar refractivity (Wildman–Crippen MR) is 102 cm³/mol. The van der Waals surface area contributed by atoms with Crippen molar-refractivity contribution in [3.8, 4) is 34.1 Å². The van der Waals surface area contributed by atoms with Crippen molar-refractivity contribution in [1.29, 1.82) is 0 Å². The van der Waals surface area contributed by atoms with Gasteiger partial charge in [0.25, 0.3) is 0 Å². The molecule has 0 radical (unpaired) electrons. The van der Waals surface area contributed by atoms with Gasteiger partial charge in [0.1, 0.15) is 29.6 Å². The molecule has 8 N–H and O–H groups in total. The molecule has 0 bridgehead atoms. The fourth-order valence-corrected chi connectivity index (χ4v) is 3.52. The first-order chi connectivity index (χ1) is 15.1. The van der Waals surface area contributed by atoms with E-state index in [4.69, 9.17) is 14.2 Å². The molecule has 2 aliphatic heterocycles. The van der Waals surface area contributed by atoms with Crippen molar-refractivity contribution in [2.24, 2.45) is 0 Å². The summed E-state index contributed by atoms with van der Waals surface area (Å²) in [7, 11) is 0. The highest BCUT2D eigenvalue weighted by Crippen LogP contribution is 2.54. The Balaban J connectivity index is 1.88. The van der Waals surface area contributed by atoms with Crippen molar-refractivity contribution in [3.63, 3.8) is 0 Å². The highest BCUT2D eigenvalue weighted by molar-refractivity contribution is 6.09. The smallest absolute Gasteiger partial charge is 0.231 e. The summed E-state index contributed by atoms with van der Waals surface area (Å²) in [5.74, 6) is -4.18. The second-order valence-electron chi connectivity index (χ2n) is 7.27. The van der Waals surface area contributed by atoms with Gasteiger partial charge < -0.3 is 55.1 Å². The van der Waals surface area contributed by atoms with Crippen LogP contribution in [0.15, 0.2) is 30.3 Å². The first-order valence-corrected chi connectivity index (χ1v) is 9.42. The molecule has 32 heavy (non-hydrogen) atoms. The van der Waals surface area contributed by atoms with Gasteiger partial charge in [-0.2, -0.15) is 0 Å². The number of aliphatic hydroxyl groups is 6. The number of phenolic OH excluding ortho intramolecular Hbond substituents is 2. The van der Waals surface area contributed by atoms with Crippen LogP contribution in [0.4, 0.5) is 0 Å². The van der Waals surface area contributed by atoms with E-state index in [0.717, 1.165) is 0 Å². The molecule has 2 aromatic carbocycles. The van der Waals surface area contributed by atoms with E-state index in [0.29, 0.717) is 0 Å². The molecule has 2 aromatic rings. The van der Waals surface area contributed by atoms with Gasteiger partial charge in [-0.25, -0.2) is 0 Å². The Morgan fingerprint density at radius 1 is 0.781 bits per heavy atom. The molecule has 7 atom stereocenters. The van der Waals surface area contributed by atoms with E-state index in [1.165, 1.54) is 12.1 Å². The van der Waals surface area contributed by atoms with Crippen LogP contribution in [0.5, 0.6) is 23.0 Å². The minimum absolute atomic E-state index is 0.195. The van der Waals surface area contributed by atoms with E-state index in [1.54, 1.807) is 18.2 Å². The zero-order chi connectivity index (χ0) is 23.3. The lowest BCUT2D eigenvalue weighted by Gasteiger charge is -2.38. The molecule has 0 spiro atoms. The quantitative estimate of drug-likeness (QED) is 0.258. The van der Waals surface area contributed by atoms with Gasteiger partial charge in [0, 0.05) is 0 Å². The third-order valence-electron chi connectivity index (χ3n) is 5.22. The second kappa shape index (κ2) is 8.18. The lowest BCUT2D eigenvalue weighted by molar-refractivity contribution is -0.321. The standard InChI is InChI=1S/C20H20O12/c21-9-8-11(23)17(31-20-15(27)12(24)14(26)19(29)32-20)10(22)7(6-4-2-1-3-5-6)16(8)30-18(28)13(9)25/h1-5,12-15,18-20,22-29H. The summed E-state index contributed by atoms with van der Waals surface area (Å²) < 4.78 is 15.4. The fourth-order valence-electron chi connectivity index (χ4n) is 3.52. The summed E-state index contributed by atoms with van der Waals surface area (Å²) >= 11 is 0. The maximum Gasteiger partial charge on any atom is 0.231 e. The van der Waals surface area contributed by atoms with Crippen LogP contribution < -0.4 is 9.47 Å². The van der Waals surface area contributed by atoms with Crippen LogP contribution in [0.1, 0.15) is 10.4 Å². The van der Waals surface area contributed by atoms with Crippen LogP contribution >= 0.6 is 0 Å². The SMILES string of the molecule is O=C1c2c(O)c(OC3OC(O)C(O)C(O)C3O)c(O)c(-c3ccccc3)c2OC(O)C1O. The van der Waals surface area contributed by atoms with Crippen molar-refractivity contribution in [3.05, 3.63) is 35.9 Å². The summed E-state index contributed by atoms with van der Waals surface area (Å²) in [4.78, 5) is 12.6. The van der Waals surface area contributed by atoms with Crippen LogP contribution in [0.25, 0.3) is 11.1 Å². The van der Waals surface area contributed by atoms with Gasteiger partial charge in [-0.05, 0) is 5.56 Å². The summed E-state index contributed by atoms with van der Waals surface area (Å²) in [6, 6.07) is 7.86. The van der Waals surface area contributed by atoms with Crippen molar-refractivity contribution in [2.45, 2.75) is 43.3 Å². The zero-order valence-electron chi connectivity index (χ0n) is 16.1. The lowest BCUT2D eigenvalue weighted by Crippen LogP contribution is -2.59. The van der Waals surface area contributed by atoms with Crippen LogP contribution in [-0.2, 0) is 4.74 Å². The fraction of sp³-hybridized carbons (Fsp3) is 0.350. The molecule has 4 rings (SSSR count). The molecule has 0 saturated carbocycles. The highest BCUT2D eigenvalue weighted by Gasteiger charge is 2.46. The highest BCUT2D eigenvalue weighted by atomic mass is 16.7. The second-order valence-corrected chi connectivity index (χ2v) is 7.27. The maximum atomic E-state index is 12.6. The largest absolute Gasteiger partial charge is 0.504 e. The number of hydrogen-bond donors (Lipinski definition) is 8. The molecular weight excluding hydrogens is 432 g/mol. The first kappa shape index (κ1) is 22.2. The van der Waals surface area contributed by atoms with Crippen molar-refractivity contribution < 1.29 is 59.9 Å². The van der Waals surface area contributed by atoms with E-state index in [2.05, 4.69) is 0 Å². The Bertz CT molecular complexity index is 1030. The number of hydrogen-bond acceptors (Lipinski definition) is 12. The summed E-state index contributed by atoms with van der Waals surface area (Å²) in [6.45, 7) is 0. The molecule has 2 aliphatic rings. The van der Waals surface area contributed by atoms with Gasteiger partial charge in [-0.1, -0.05) is 30.3 Å². The normalized spacial score (nSPS) is 32.2. The number of aromatic hydroxyl groups is 2. The van der Waals surface area contributed by atoms with E-state index in [-0.39, 0.29) is 11.1 Å². The Morgan fingerprint density at radius 3 is 2.06 bits per heavy atom. The number of Topliss-reactive ketones (excluding diaryl/α,β-unsaturated/α-hetero) is 1. The number of carbonyl (C=O) groups is 1. The summed E-state index contributed by atoms with van der Waals surface area (Å²) in [5.41, 5.74) is -0.553. The van der Waals surface area contributed by atoms with E-state index in [9.17, 15) is 45.6 Å². The Labute approximate surface area is 179 Å². The number of ketones is 1. The molecule has 0 aliphatic carbocycles. The van der Waals surface area contributed by atoms with Crippen LogP contribution in [0, 0.1) is 0 Å². The monoisotopic (exact) mass is 452 g/mol. The molecule has 172 valence electrons. The average Bonchev–Trinajstić information content (AvgIpc) is 2.77. The maximum absolute atomic E-state index is 12.6. The first-order valence-electron chi connectivity index (χ1n) is 9.42. The van der Waals surface area contributed by atoms with Gasteiger partial charge in [-0.3, -0.25) is 4.79 Å². The Morgan fingerprint density at radius 2 is 1.41 bits per heavy atom. The van der Waals surface area contributed by atoms with E-state index < -0.39 is 77.6 Å². The van der Waals surface area contributed by atoms with Gasteiger partial charge in [0.05, 0.1) is 5.56 Å². The van der Waals surface area contributed by atoms with E-state index >= 15 is 0 Å². The Kier molecular flexibility index (Phi) is 5.68. The third kappa shape index (κ3) is 3.43. The van der Waals surface area contributed by atoms with E-state index in [1.807, 2.05) is 0 Å². The third-order valence-corrected chi connectivity index (χ3v) is 5.22. The van der Waals surface area contributed by atoms with Crippen molar-refractivity contribution in [2.75, 3.05) is 0 Å². The zero-order valence-corrected chi connectivity index (χ0v) is 16.1. The summed E-state index contributed by atoms with van der Waals surface area (Å²) in [6.07, 6.45) is -13.6. The molecule has 0 amide bonds. The molecule has 0 aromatic heterocycles. The summed E-state index contributed by atoms with van der Waals surface area (Å²) in [5, 5.41) is 80.6. The topological polar surface area (TPSA) is 207 Å². The van der Waals surface area contributed by atoms with Crippen LogP contribution in [0.3, 0.4) is 0 Å². The van der Waals surface area contributed by atoms with Gasteiger partial charge in [0.2, 0.25) is 24.1 Å². The Hall–Kier alpha value is -2.97. The average molecular weight is 452 g/mol. The van der Waals surface area contributed by atoms with Crippen LogP contribution in [0.2, 0.25) is 0 Å². The van der Waals surface area contributed by atoms with Crippen LogP contribution in [-0.4, -0.2) is 89.9 Å². The van der Waals surface area contributed by atoms with Crippen molar-refractivity contribution in [1.82, 2.24) is 0 Å². The lowest BCUT2D eigenvalue weighted by atomic mass is 9.92. The molecule has 1 fully saturated rings. The molecule has 2 heterocycles. The number of fused-ring (bicyclic) bond motifs is 1. The van der Waals surface area contributed by atoms with Gasteiger partial charge in [0.15, 0.2) is 23.9 Å². The number of phenols is 2. The number of benzene rings is 2. The molecule has 1 saturated heterocycles. The minimum atomic E-state index is -2.05. The minimum Gasteiger partial charge on any atom is -0.504 e. The number of aliphatic hydroxyl groups excluding tert-OH is 6. The molecule has 12 nitrogen and oxygen atoms in total. The van der Waals surface area contributed by atoms with Gasteiger partial charge >= 0.3 is 0 Å². The molecule has 12 heteroatoms. The predicted octanol–water partition coefficient (Wildman–Crippen LogP) is -1.84. The van der Waals surface area contributed by atoms with Gasteiger partial charge in [-0.15, -0.1) is 0 Å². The molecular formula is C20H20O12. The number of carbonyl (C=O) groups excluding carboxylic acids is 1. The number of rotatable bonds is 3.